The molecule has 0 saturated heterocycles. The summed E-state index contributed by atoms with van der Waals surface area (Å²) < 4.78 is 50.5. The molecule has 0 aliphatic carbocycles. The fourth-order valence-electron chi connectivity index (χ4n) is 1.90. The van der Waals surface area contributed by atoms with Crippen LogP contribution < -0.4 is 10.3 Å². The average molecular weight is 360 g/mol. The Balaban J connectivity index is 2.15. The van der Waals surface area contributed by atoms with Crippen LogP contribution in [0.15, 0.2) is 29.2 Å². The van der Waals surface area contributed by atoms with Crippen LogP contribution in [0.3, 0.4) is 0 Å². The van der Waals surface area contributed by atoms with Crippen molar-refractivity contribution in [2.45, 2.75) is 25.2 Å². The molecular weight excluding hydrogens is 346 g/mol. The zero-order chi connectivity index (χ0) is 17.2. The lowest BCUT2D eigenvalue weighted by molar-refractivity contribution is 0.0949. The van der Waals surface area contributed by atoms with E-state index in [-0.39, 0.29) is 0 Å². The molecule has 23 heavy (non-hydrogen) atoms. The third-order valence-corrected chi connectivity index (χ3v) is 5.69. The second-order valence-electron chi connectivity index (χ2n) is 4.70. The molecule has 9 heteroatoms. The molecule has 1 aromatic heterocycles. The molecule has 1 amide bonds. The Morgan fingerprint density at radius 1 is 1.26 bits per heavy atom. The van der Waals surface area contributed by atoms with E-state index in [0.717, 1.165) is 22.9 Å². The minimum absolute atomic E-state index is 0.321. The SMILES string of the molecule is CCc1sc(C(=O)NNS(=O)(=O)c2cc(F)ccc2F)cc1C. The van der Waals surface area contributed by atoms with Crippen LogP contribution in [0.1, 0.15) is 27.0 Å². The van der Waals surface area contributed by atoms with Crippen LogP contribution in [-0.4, -0.2) is 14.3 Å². The molecule has 2 aromatic rings. The van der Waals surface area contributed by atoms with Gasteiger partial charge in [0.2, 0.25) is 0 Å². The number of benzene rings is 1. The summed E-state index contributed by atoms with van der Waals surface area (Å²) in [6.07, 6.45) is 0.754. The Hall–Kier alpha value is -1.84. The van der Waals surface area contributed by atoms with Crippen molar-refractivity contribution in [1.82, 2.24) is 10.3 Å². The number of hydrogen-bond acceptors (Lipinski definition) is 4. The molecule has 2 rings (SSSR count). The lowest BCUT2D eigenvalue weighted by atomic mass is 10.2. The third-order valence-electron chi connectivity index (χ3n) is 3.05. The van der Waals surface area contributed by atoms with Gasteiger partial charge in [-0.05, 0) is 43.2 Å². The highest BCUT2D eigenvalue weighted by atomic mass is 32.2. The number of sulfonamides is 1. The molecule has 2 N–H and O–H groups in total. The first-order chi connectivity index (χ1) is 10.7. The number of carbonyl (C=O) groups excluding carboxylic acids is 1. The molecule has 0 spiro atoms. The number of amides is 1. The molecule has 124 valence electrons. The molecule has 5 nitrogen and oxygen atoms in total. The smallest absolute Gasteiger partial charge is 0.273 e. The van der Waals surface area contributed by atoms with Gasteiger partial charge in [0.25, 0.3) is 15.9 Å². The number of rotatable bonds is 5. The quantitative estimate of drug-likeness (QED) is 0.805. The Kier molecular flexibility index (Phi) is 5.12. The maximum atomic E-state index is 13.5. The molecule has 0 atom stereocenters. The summed E-state index contributed by atoms with van der Waals surface area (Å²) in [5.74, 6) is -2.69. The predicted octanol–water partition coefficient (Wildman–Crippen LogP) is 2.52. The molecule has 0 aliphatic rings. The van der Waals surface area contributed by atoms with Gasteiger partial charge in [-0.2, -0.15) is 0 Å². The first kappa shape index (κ1) is 17.5. The lowest BCUT2D eigenvalue weighted by Crippen LogP contribution is -2.41. The second kappa shape index (κ2) is 6.73. The van der Waals surface area contributed by atoms with Crippen LogP contribution in [0, 0.1) is 18.6 Å². The van der Waals surface area contributed by atoms with Crippen molar-refractivity contribution in [3.8, 4) is 0 Å². The number of thiophene rings is 1. The third kappa shape index (κ3) is 3.92. The fourth-order valence-corrected chi connectivity index (χ4v) is 3.83. The van der Waals surface area contributed by atoms with E-state index < -0.39 is 32.5 Å². The first-order valence-electron chi connectivity index (χ1n) is 6.61. The lowest BCUT2D eigenvalue weighted by Gasteiger charge is -2.08. The number of nitrogens with one attached hydrogen (secondary N) is 2. The summed E-state index contributed by atoms with van der Waals surface area (Å²) in [6, 6.07) is 3.67. The molecule has 1 heterocycles. The minimum Gasteiger partial charge on any atom is -0.273 e. The molecule has 0 saturated carbocycles. The van der Waals surface area contributed by atoms with Crippen LogP contribution in [0.2, 0.25) is 0 Å². The second-order valence-corrected chi connectivity index (χ2v) is 7.49. The highest BCUT2D eigenvalue weighted by Crippen LogP contribution is 2.22. The molecule has 1 aromatic carbocycles. The van der Waals surface area contributed by atoms with Crippen molar-refractivity contribution in [1.29, 1.82) is 0 Å². The molecule has 0 bridgehead atoms. The van der Waals surface area contributed by atoms with E-state index in [2.05, 4.69) is 0 Å². The van der Waals surface area contributed by atoms with Crippen molar-refractivity contribution >= 4 is 27.3 Å². The van der Waals surface area contributed by atoms with E-state index >= 15 is 0 Å². The van der Waals surface area contributed by atoms with Crippen LogP contribution in [0.25, 0.3) is 0 Å². The number of aryl methyl sites for hydroxylation is 2. The first-order valence-corrected chi connectivity index (χ1v) is 8.91. The minimum atomic E-state index is -4.42. The topological polar surface area (TPSA) is 75.3 Å². The van der Waals surface area contributed by atoms with E-state index in [1.807, 2.05) is 19.3 Å². The molecule has 0 fully saturated rings. The van der Waals surface area contributed by atoms with Crippen molar-refractivity contribution in [2.24, 2.45) is 0 Å². The van der Waals surface area contributed by atoms with Crippen LogP contribution in [0.5, 0.6) is 0 Å². The van der Waals surface area contributed by atoms with Crippen molar-refractivity contribution in [3.63, 3.8) is 0 Å². The molecule has 0 unspecified atom stereocenters. The average Bonchev–Trinajstić information content (AvgIpc) is 2.88. The molecular formula is C14H14F2N2O3S2. The highest BCUT2D eigenvalue weighted by molar-refractivity contribution is 7.89. The zero-order valence-electron chi connectivity index (χ0n) is 12.3. The van der Waals surface area contributed by atoms with Gasteiger partial charge in [-0.3, -0.25) is 10.2 Å². The van der Waals surface area contributed by atoms with Gasteiger partial charge in [-0.25, -0.2) is 17.2 Å². The van der Waals surface area contributed by atoms with E-state index in [1.165, 1.54) is 11.3 Å². The van der Waals surface area contributed by atoms with Gasteiger partial charge < -0.3 is 0 Å². The van der Waals surface area contributed by atoms with Gasteiger partial charge in [0, 0.05) is 4.88 Å². The van der Waals surface area contributed by atoms with E-state index in [9.17, 15) is 22.0 Å². The van der Waals surface area contributed by atoms with E-state index in [1.54, 1.807) is 10.9 Å². The van der Waals surface area contributed by atoms with Gasteiger partial charge in [0.15, 0.2) is 0 Å². The van der Waals surface area contributed by atoms with Gasteiger partial charge in [0.1, 0.15) is 16.5 Å². The summed E-state index contributed by atoms with van der Waals surface area (Å²) in [6.45, 7) is 3.79. The van der Waals surface area contributed by atoms with E-state index in [4.69, 9.17) is 0 Å². The monoisotopic (exact) mass is 360 g/mol. The van der Waals surface area contributed by atoms with Crippen LogP contribution >= 0.6 is 11.3 Å². The van der Waals surface area contributed by atoms with Crippen LogP contribution in [-0.2, 0) is 16.4 Å². The predicted molar refractivity (Wildman–Crippen MR) is 82.6 cm³/mol. The number of halogens is 2. The number of hydrogen-bond donors (Lipinski definition) is 2. The van der Waals surface area contributed by atoms with Crippen molar-refractivity contribution in [3.05, 3.63) is 51.2 Å². The Bertz CT molecular complexity index is 848. The largest absolute Gasteiger partial charge is 0.276 e. The van der Waals surface area contributed by atoms with Gasteiger partial charge in [0.05, 0.1) is 4.88 Å². The Labute approximate surface area is 136 Å². The summed E-state index contributed by atoms with van der Waals surface area (Å²) in [7, 11) is -4.42. The number of hydrazine groups is 1. The van der Waals surface area contributed by atoms with Gasteiger partial charge >= 0.3 is 0 Å². The fraction of sp³-hybridized carbons (Fsp3) is 0.214. The van der Waals surface area contributed by atoms with Crippen LogP contribution in [0.4, 0.5) is 8.78 Å². The van der Waals surface area contributed by atoms with Crippen molar-refractivity contribution in [2.75, 3.05) is 0 Å². The summed E-state index contributed by atoms with van der Waals surface area (Å²) in [4.78, 5) is 14.2. The maximum absolute atomic E-state index is 13.5. The van der Waals surface area contributed by atoms with Gasteiger partial charge in [-0.1, -0.05) is 6.92 Å². The highest BCUT2D eigenvalue weighted by Gasteiger charge is 2.21. The normalized spacial score (nSPS) is 11.5. The molecule has 0 aliphatic heterocycles. The van der Waals surface area contributed by atoms with E-state index in [0.29, 0.717) is 17.0 Å². The number of carbonyl (C=O) groups is 1. The van der Waals surface area contributed by atoms with Crippen molar-refractivity contribution < 1.29 is 22.0 Å². The Morgan fingerprint density at radius 2 is 1.96 bits per heavy atom. The zero-order valence-corrected chi connectivity index (χ0v) is 13.9. The maximum Gasteiger partial charge on any atom is 0.276 e. The molecule has 0 radical (unpaired) electrons. The summed E-state index contributed by atoms with van der Waals surface area (Å²) in [5.41, 5.74) is 2.93. The summed E-state index contributed by atoms with van der Waals surface area (Å²) in [5, 5.41) is 0. The standard InChI is InChI=1S/C14H14F2N2O3S2/c1-3-11-8(2)6-12(22-11)14(19)17-18-23(20,21)13-7-9(15)4-5-10(13)16/h4-7,18H,3H2,1-2H3,(H,17,19). The summed E-state index contributed by atoms with van der Waals surface area (Å²) >= 11 is 1.24. The Morgan fingerprint density at radius 3 is 2.57 bits per heavy atom. The van der Waals surface area contributed by atoms with Gasteiger partial charge in [-0.15, -0.1) is 16.2 Å².